The van der Waals surface area contributed by atoms with E-state index in [2.05, 4.69) is 26.3 Å². The number of amides is 1. The monoisotopic (exact) mass is 484 g/mol. The van der Waals surface area contributed by atoms with Gasteiger partial charge >= 0.3 is 0 Å². The third-order valence-electron chi connectivity index (χ3n) is 8.30. The molecule has 4 aliphatic rings. The van der Waals surface area contributed by atoms with Crippen molar-refractivity contribution in [1.29, 1.82) is 0 Å². The molecule has 0 saturated heterocycles. The molecule has 4 heteroatoms. The Morgan fingerprint density at radius 3 is 1.70 bits per heavy atom. The molecule has 3 nitrogen and oxygen atoms in total. The normalized spacial score (nSPS) is 29.6. The van der Waals surface area contributed by atoms with Crippen molar-refractivity contribution in [3.05, 3.63) is 0 Å². The van der Waals surface area contributed by atoms with Gasteiger partial charge in [-0.2, -0.15) is 0 Å². The van der Waals surface area contributed by atoms with Gasteiger partial charge in [0.2, 0.25) is 5.91 Å². The van der Waals surface area contributed by atoms with Crippen LogP contribution in [0.5, 0.6) is 0 Å². The van der Waals surface area contributed by atoms with E-state index in [1.807, 2.05) is 0 Å². The maximum atomic E-state index is 13.2. The first-order valence-corrected chi connectivity index (χ1v) is 13.0. The smallest absolute Gasteiger partial charge is 0.230 e. The molecule has 0 aliphatic heterocycles. The lowest BCUT2D eigenvalue weighted by Gasteiger charge is -2.55. The molecule has 30 heavy (non-hydrogen) atoms. The third kappa shape index (κ3) is 7.50. The topological polar surface area (TPSA) is 29.1 Å². The van der Waals surface area contributed by atoms with Gasteiger partial charge in [0.1, 0.15) is 0 Å². The highest BCUT2D eigenvalue weighted by atomic mass is 79.9. The van der Waals surface area contributed by atoms with Gasteiger partial charge in [0.05, 0.1) is 26.1 Å². The number of unbranched alkanes of at least 4 members (excludes halogenated alkanes) is 9. The van der Waals surface area contributed by atoms with E-state index in [0.717, 1.165) is 28.9 Å². The van der Waals surface area contributed by atoms with E-state index in [1.54, 1.807) is 0 Å². The van der Waals surface area contributed by atoms with E-state index >= 15 is 0 Å². The first-order chi connectivity index (χ1) is 13.9. The Hall–Kier alpha value is -0.0900. The van der Waals surface area contributed by atoms with Crippen molar-refractivity contribution in [3.8, 4) is 0 Å². The van der Waals surface area contributed by atoms with E-state index in [9.17, 15) is 4.79 Å². The summed E-state index contributed by atoms with van der Waals surface area (Å²) in [7, 11) is 4.57. The maximum Gasteiger partial charge on any atom is 0.230 e. The number of hydrogen-bond acceptors (Lipinski definition) is 1. The van der Waals surface area contributed by atoms with E-state index < -0.39 is 0 Å². The summed E-state index contributed by atoms with van der Waals surface area (Å²) in [5, 5.41) is 3.40. The molecular formula is C26H49BrN2O. The van der Waals surface area contributed by atoms with Gasteiger partial charge in [-0.25, -0.2) is 0 Å². The summed E-state index contributed by atoms with van der Waals surface area (Å²) in [4.78, 5) is 13.2. The van der Waals surface area contributed by atoms with E-state index in [0.29, 0.717) is 5.91 Å². The Balaban J connectivity index is 0.00000320. The van der Waals surface area contributed by atoms with Crippen molar-refractivity contribution >= 4 is 5.91 Å². The lowest BCUT2D eigenvalue weighted by atomic mass is 9.49. The zero-order valence-corrected chi connectivity index (χ0v) is 21.8. The average molecular weight is 486 g/mol. The highest BCUT2D eigenvalue weighted by Crippen LogP contribution is 2.60. The van der Waals surface area contributed by atoms with Crippen LogP contribution in [0.1, 0.15) is 110 Å². The fraction of sp³-hybridized carbons (Fsp3) is 0.962. The second-order valence-corrected chi connectivity index (χ2v) is 11.7. The minimum absolute atomic E-state index is 0. The molecule has 4 rings (SSSR count). The first-order valence-electron chi connectivity index (χ1n) is 13.0. The number of quaternary nitrogens is 1. The SMILES string of the molecule is CCCCCCCCCCCC[N+](C)(C)CNC(=O)C12CC3CC(CC(C3)C1)C2.[Br-]. The van der Waals surface area contributed by atoms with Crippen molar-refractivity contribution in [3.63, 3.8) is 0 Å². The highest BCUT2D eigenvalue weighted by molar-refractivity contribution is 5.83. The van der Waals surface area contributed by atoms with Gasteiger partial charge < -0.3 is 26.8 Å². The summed E-state index contributed by atoms with van der Waals surface area (Å²) in [6, 6.07) is 0. The predicted octanol–water partition coefficient (Wildman–Crippen LogP) is 3.28. The van der Waals surface area contributed by atoms with Crippen LogP contribution in [0.3, 0.4) is 0 Å². The Morgan fingerprint density at radius 2 is 1.23 bits per heavy atom. The van der Waals surface area contributed by atoms with Crippen molar-refractivity contribution in [2.75, 3.05) is 27.3 Å². The predicted molar refractivity (Wildman–Crippen MR) is 122 cm³/mol. The Morgan fingerprint density at radius 1 is 0.800 bits per heavy atom. The number of nitrogens with one attached hydrogen (secondary N) is 1. The third-order valence-corrected chi connectivity index (χ3v) is 8.30. The zero-order chi connectivity index (χ0) is 20.7. The van der Waals surface area contributed by atoms with Crippen LogP contribution in [0, 0.1) is 23.2 Å². The van der Waals surface area contributed by atoms with Gasteiger partial charge in [-0.05, 0) is 69.1 Å². The molecule has 1 N–H and O–H groups in total. The summed E-state index contributed by atoms with van der Waals surface area (Å²) in [6.07, 6.45) is 21.6. The van der Waals surface area contributed by atoms with Crippen LogP contribution >= 0.6 is 0 Å². The number of carbonyl (C=O) groups is 1. The zero-order valence-electron chi connectivity index (χ0n) is 20.2. The molecular weight excluding hydrogens is 436 g/mol. The number of rotatable bonds is 14. The highest BCUT2D eigenvalue weighted by Gasteiger charge is 2.54. The molecule has 0 spiro atoms. The van der Waals surface area contributed by atoms with Crippen LogP contribution in [-0.4, -0.2) is 37.7 Å². The molecule has 0 aromatic heterocycles. The summed E-state index contributed by atoms with van der Waals surface area (Å²) in [5.41, 5.74) is 0.00583. The van der Waals surface area contributed by atoms with Gasteiger partial charge in [-0.3, -0.25) is 4.79 Å². The quantitative estimate of drug-likeness (QED) is 0.228. The first kappa shape index (κ1) is 26.2. The molecule has 0 aromatic rings. The van der Waals surface area contributed by atoms with Crippen molar-refractivity contribution in [1.82, 2.24) is 5.32 Å². The van der Waals surface area contributed by atoms with Gasteiger partial charge in [0, 0.05) is 0 Å². The molecule has 0 atom stereocenters. The molecule has 0 aromatic carbocycles. The Labute approximate surface area is 197 Å². The molecule has 1 amide bonds. The summed E-state index contributed by atoms with van der Waals surface area (Å²) < 4.78 is 0.926. The second kappa shape index (κ2) is 12.2. The summed E-state index contributed by atoms with van der Waals surface area (Å²) in [6.45, 7) is 4.27. The Kier molecular flexibility index (Phi) is 10.7. The minimum Gasteiger partial charge on any atom is -1.00 e. The summed E-state index contributed by atoms with van der Waals surface area (Å²) in [5.74, 6) is 2.94. The van der Waals surface area contributed by atoms with E-state index in [-0.39, 0.29) is 22.4 Å². The van der Waals surface area contributed by atoms with Crippen molar-refractivity contribution < 1.29 is 26.3 Å². The molecule has 4 saturated carbocycles. The van der Waals surface area contributed by atoms with Crippen LogP contribution in [0.4, 0.5) is 0 Å². The standard InChI is InChI=1S/C26H48N2O.BrH/c1-4-5-6-7-8-9-10-11-12-13-14-28(2,3)21-27-25(29)26-18-22-15-23(19-26)17-24(16-22)20-26;/h22-24H,4-21H2,1-3H3;1H. The van der Waals surface area contributed by atoms with Crippen molar-refractivity contribution in [2.45, 2.75) is 110 Å². The lowest BCUT2D eigenvalue weighted by Crippen LogP contribution is -3.00. The molecule has 4 fully saturated rings. The fourth-order valence-corrected chi connectivity index (χ4v) is 6.97. The minimum atomic E-state index is 0. The maximum absolute atomic E-state index is 13.2. The largest absolute Gasteiger partial charge is 1.00 e. The van der Waals surface area contributed by atoms with Crippen LogP contribution < -0.4 is 22.3 Å². The number of halogens is 1. The van der Waals surface area contributed by atoms with Crippen LogP contribution in [0.2, 0.25) is 0 Å². The van der Waals surface area contributed by atoms with E-state index in [4.69, 9.17) is 0 Å². The van der Waals surface area contributed by atoms with Gasteiger partial charge in [0.25, 0.3) is 0 Å². The number of carbonyl (C=O) groups excluding carboxylic acids is 1. The van der Waals surface area contributed by atoms with Gasteiger partial charge in [0.15, 0.2) is 6.67 Å². The number of hydrogen-bond donors (Lipinski definition) is 1. The number of nitrogens with zero attached hydrogens (tertiary/aromatic N) is 1. The molecule has 0 radical (unpaired) electrons. The van der Waals surface area contributed by atoms with E-state index in [1.165, 1.54) is 109 Å². The van der Waals surface area contributed by atoms with Crippen LogP contribution in [0.15, 0.2) is 0 Å². The molecule has 0 heterocycles. The average Bonchev–Trinajstić information content (AvgIpc) is 2.66. The van der Waals surface area contributed by atoms with Crippen molar-refractivity contribution in [2.24, 2.45) is 23.2 Å². The van der Waals surface area contributed by atoms with Crippen LogP contribution in [-0.2, 0) is 4.79 Å². The second-order valence-electron chi connectivity index (χ2n) is 11.7. The molecule has 4 bridgehead atoms. The molecule has 4 aliphatic carbocycles. The van der Waals surface area contributed by atoms with Gasteiger partial charge in [-0.15, -0.1) is 0 Å². The molecule has 176 valence electrons. The van der Waals surface area contributed by atoms with Gasteiger partial charge in [-0.1, -0.05) is 58.3 Å². The Bertz CT molecular complexity index is 484. The lowest BCUT2D eigenvalue weighted by molar-refractivity contribution is -0.892. The summed E-state index contributed by atoms with van der Waals surface area (Å²) >= 11 is 0. The fourth-order valence-electron chi connectivity index (χ4n) is 6.97. The van der Waals surface area contributed by atoms with Crippen LogP contribution in [0.25, 0.3) is 0 Å². The molecule has 0 unspecified atom stereocenters.